The van der Waals surface area contributed by atoms with Gasteiger partial charge in [-0.1, -0.05) is 6.07 Å². The first-order valence-corrected chi connectivity index (χ1v) is 9.47. The van der Waals surface area contributed by atoms with Crippen LogP contribution in [-0.2, 0) is 6.61 Å². The van der Waals surface area contributed by atoms with Crippen molar-refractivity contribution < 1.29 is 14.3 Å². The molecule has 0 fully saturated rings. The summed E-state index contributed by atoms with van der Waals surface area (Å²) in [4.78, 5) is 16.7. The zero-order chi connectivity index (χ0) is 20.8. The van der Waals surface area contributed by atoms with Gasteiger partial charge in [-0.05, 0) is 54.6 Å². The molecule has 2 aromatic carbocycles. The van der Waals surface area contributed by atoms with Gasteiger partial charge in [0.2, 0.25) is 0 Å². The average molecular weight is 399 g/mol. The van der Waals surface area contributed by atoms with Gasteiger partial charge in [0.15, 0.2) is 11.5 Å². The fourth-order valence-electron chi connectivity index (χ4n) is 3.01. The van der Waals surface area contributed by atoms with E-state index in [1.54, 1.807) is 49.8 Å². The van der Waals surface area contributed by atoms with E-state index in [9.17, 15) is 4.79 Å². The highest BCUT2D eigenvalue weighted by molar-refractivity contribution is 6.04. The number of nitrogens with one attached hydrogen (secondary N) is 1. The van der Waals surface area contributed by atoms with Gasteiger partial charge in [0.1, 0.15) is 6.61 Å². The van der Waals surface area contributed by atoms with Gasteiger partial charge >= 0.3 is 0 Å². The van der Waals surface area contributed by atoms with Crippen molar-refractivity contribution in [2.75, 3.05) is 12.4 Å². The molecule has 4 aromatic rings. The molecular formula is C24H21N3O3. The molecule has 1 amide bonds. The predicted octanol–water partition coefficient (Wildman–Crippen LogP) is 4.71. The highest BCUT2D eigenvalue weighted by atomic mass is 16.5. The van der Waals surface area contributed by atoms with E-state index in [-0.39, 0.29) is 5.91 Å². The number of hydrogen-bond donors (Lipinski definition) is 1. The lowest BCUT2D eigenvalue weighted by atomic mass is 10.2. The summed E-state index contributed by atoms with van der Waals surface area (Å²) >= 11 is 0. The third kappa shape index (κ3) is 4.50. The summed E-state index contributed by atoms with van der Waals surface area (Å²) in [6.07, 6.45) is 7.37. The summed E-state index contributed by atoms with van der Waals surface area (Å²) in [6, 6.07) is 20.4. The lowest BCUT2D eigenvalue weighted by Crippen LogP contribution is -2.12. The van der Waals surface area contributed by atoms with Gasteiger partial charge in [-0.25, -0.2) is 0 Å². The Balaban J connectivity index is 1.46. The SMILES string of the molecule is COc1ccc(NC(=O)c2ccc(-n3cccc3)cc2)cc1OCc1cccnc1. The number of rotatable bonds is 7. The highest BCUT2D eigenvalue weighted by Crippen LogP contribution is 2.31. The van der Waals surface area contributed by atoms with Crippen LogP contribution in [0.1, 0.15) is 15.9 Å². The Kier molecular flexibility index (Phi) is 5.75. The van der Waals surface area contributed by atoms with E-state index in [2.05, 4.69) is 10.3 Å². The molecule has 0 saturated heterocycles. The minimum absolute atomic E-state index is 0.197. The van der Waals surface area contributed by atoms with Crippen LogP contribution in [0.3, 0.4) is 0 Å². The molecule has 4 rings (SSSR count). The van der Waals surface area contributed by atoms with Crippen molar-refractivity contribution in [3.05, 3.63) is 103 Å². The van der Waals surface area contributed by atoms with Crippen LogP contribution in [0.5, 0.6) is 11.5 Å². The number of carbonyl (C=O) groups is 1. The second-order valence-electron chi connectivity index (χ2n) is 6.61. The number of aromatic nitrogens is 2. The number of ether oxygens (including phenoxy) is 2. The number of benzene rings is 2. The van der Waals surface area contributed by atoms with Gasteiger partial charge in [-0.3, -0.25) is 9.78 Å². The Morgan fingerprint density at radius 3 is 2.50 bits per heavy atom. The quantitative estimate of drug-likeness (QED) is 0.489. The topological polar surface area (TPSA) is 65.4 Å². The number of methoxy groups -OCH3 is 1. The number of hydrogen-bond acceptors (Lipinski definition) is 4. The molecule has 0 aliphatic carbocycles. The first kappa shape index (κ1) is 19.3. The zero-order valence-corrected chi connectivity index (χ0v) is 16.5. The summed E-state index contributed by atoms with van der Waals surface area (Å²) in [5.41, 5.74) is 3.12. The first-order chi connectivity index (χ1) is 14.7. The zero-order valence-electron chi connectivity index (χ0n) is 16.5. The van der Waals surface area contributed by atoms with Crippen LogP contribution in [0.4, 0.5) is 5.69 Å². The van der Waals surface area contributed by atoms with Crippen molar-refractivity contribution in [2.45, 2.75) is 6.61 Å². The molecule has 2 heterocycles. The monoisotopic (exact) mass is 399 g/mol. The summed E-state index contributed by atoms with van der Waals surface area (Å²) < 4.78 is 13.2. The van der Waals surface area contributed by atoms with Gasteiger partial charge in [0.05, 0.1) is 7.11 Å². The molecular weight excluding hydrogens is 378 g/mol. The molecule has 30 heavy (non-hydrogen) atoms. The molecule has 0 saturated carbocycles. The summed E-state index contributed by atoms with van der Waals surface area (Å²) in [5, 5.41) is 2.91. The normalized spacial score (nSPS) is 10.4. The maximum absolute atomic E-state index is 12.7. The number of nitrogens with zero attached hydrogens (tertiary/aromatic N) is 2. The Morgan fingerprint density at radius 2 is 1.80 bits per heavy atom. The van der Waals surface area contributed by atoms with Crippen molar-refractivity contribution in [3.63, 3.8) is 0 Å². The van der Waals surface area contributed by atoms with Gasteiger partial charge in [0, 0.05) is 53.4 Å². The van der Waals surface area contributed by atoms with Crippen molar-refractivity contribution >= 4 is 11.6 Å². The lowest BCUT2D eigenvalue weighted by molar-refractivity contribution is 0.102. The third-order valence-electron chi connectivity index (χ3n) is 4.57. The van der Waals surface area contributed by atoms with E-state index in [1.165, 1.54) is 0 Å². The van der Waals surface area contributed by atoms with Crippen LogP contribution < -0.4 is 14.8 Å². The fraction of sp³-hybridized carbons (Fsp3) is 0.0833. The van der Waals surface area contributed by atoms with Crippen LogP contribution in [-0.4, -0.2) is 22.6 Å². The fourth-order valence-corrected chi connectivity index (χ4v) is 3.01. The van der Waals surface area contributed by atoms with Gasteiger partial charge in [0.25, 0.3) is 5.91 Å². The molecule has 0 aliphatic heterocycles. The van der Waals surface area contributed by atoms with Crippen LogP contribution in [0.25, 0.3) is 5.69 Å². The molecule has 150 valence electrons. The summed E-state index contributed by atoms with van der Waals surface area (Å²) in [5.74, 6) is 0.938. The molecule has 0 unspecified atom stereocenters. The van der Waals surface area contributed by atoms with Crippen molar-refractivity contribution in [2.24, 2.45) is 0 Å². The summed E-state index contributed by atoms with van der Waals surface area (Å²) in [6.45, 7) is 0.350. The van der Waals surface area contributed by atoms with Crippen LogP contribution >= 0.6 is 0 Å². The molecule has 0 spiro atoms. The smallest absolute Gasteiger partial charge is 0.255 e. The highest BCUT2D eigenvalue weighted by Gasteiger charge is 2.11. The average Bonchev–Trinajstić information content (AvgIpc) is 3.34. The van der Waals surface area contributed by atoms with E-state index in [0.717, 1.165) is 11.3 Å². The maximum Gasteiger partial charge on any atom is 0.255 e. The Labute approximate surface area is 174 Å². The second kappa shape index (κ2) is 8.96. The first-order valence-electron chi connectivity index (χ1n) is 9.47. The number of carbonyl (C=O) groups excluding carboxylic acids is 1. The van der Waals surface area contributed by atoms with Crippen molar-refractivity contribution in [1.29, 1.82) is 0 Å². The van der Waals surface area contributed by atoms with E-state index < -0.39 is 0 Å². The third-order valence-corrected chi connectivity index (χ3v) is 4.57. The standard InChI is InChI=1S/C24H21N3O3/c1-29-22-11-8-20(15-23(22)30-17-18-5-4-12-25-16-18)26-24(28)19-6-9-21(10-7-19)27-13-2-3-14-27/h2-16H,17H2,1H3,(H,26,28). The largest absolute Gasteiger partial charge is 0.493 e. The van der Waals surface area contributed by atoms with Crippen molar-refractivity contribution in [1.82, 2.24) is 9.55 Å². The Hall–Kier alpha value is -4.06. The maximum atomic E-state index is 12.7. The molecule has 2 aromatic heterocycles. The van der Waals surface area contributed by atoms with Gasteiger partial charge in [-0.2, -0.15) is 0 Å². The molecule has 0 bridgehead atoms. The van der Waals surface area contributed by atoms with E-state index in [0.29, 0.717) is 29.4 Å². The molecule has 0 aliphatic rings. The molecule has 0 radical (unpaired) electrons. The van der Waals surface area contributed by atoms with Gasteiger partial charge in [-0.15, -0.1) is 0 Å². The molecule has 1 N–H and O–H groups in total. The van der Waals surface area contributed by atoms with Crippen LogP contribution in [0.2, 0.25) is 0 Å². The molecule has 6 heteroatoms. The number of anilines is 1. The van der Waals surface area contributed by atoms with E-state index in [1.807, 2.05) is 53.4 Å². The Bertz CT molecular complexity index is 1110. The van der Waals surface area contributed by atoms with Crippen molar-refractivity contribution in [3.8, 4) is 17.2 Å². The number of pyridine rings is 1. The van der Waals surface area contributed by atoms with Gasteiger partial charge < -0.3 is 19.4 Å². The predicted molar refractivity (Wildman–Crippen MR) is 115 cm³/mol. The second-order valence-corrected chi connectivity index (χ2v) is 6.61. The minimum atomic E-state index is -0.197. The van der Waals surface area contributed by atoms with E-state index >= 15 is 0 Å². The van der Waals surface area contributed by atoms with Crippen LogP contribution in [0, 0.1) is 0 Å². The Morgan fingerprint density at radius 1 is 1.00 bits per heavy atom. The number of amides is 1. The van der Waals surface area contributed by atoms with E-state index in [4.69, 9.17) is 9.47 Å². The molecule has 6 nitrogen and oxygen atoms in total. The molecule has 0 atom stereocenters. The lowest BCUT2D eigenvalue weighted by Gasteiger charge is -2.13. The minimum Gasteiger partial charge on any atom is -0.493 e. The summed E-state index contributed by atoms with van der Waals surface area (Å²) in [7, 11) is 1.58. The van der Waals surface area contributed by atoms with Crippen LogP contribution in [0.15, 0.2) is 91.5 Å².